The molecule has 3 aromatic carbocycles. The fraction of sp³-hybridized carbons (Fsp3) is 0. The number of hydrogen-bond donors (Lipinski definition) is 1. The van der Waals surface area contributed by atoms with Gasteiger partial charge in [-0.1, -0.05) is 54.1 Å². The third kappa shape index (κ3) is 2.86. The third-order valence-corrected chi connectivity index (χ3v) is 4.74. The van der Waals surface area contributed by atoms with Crippen molar-refractivity contribution in [3.8, 4) is 0 Å². The van der Waals surface area contributed by atoms with E-state index in [0.29, 0.717) is 10.7 Å². The van der Waals surface area contributed by atoms with Crippen LogP contribution < -0.4 is 4.72 Å². The standard InChI is InChI=1S/C16H12ClNO2S/c17-13-7-4-8-14(11-13)21(19,20)18-16-10-3-6-12-5-1-2-9-15(12)16/h1-11,18H. The highest BCUT2D eigenvalue weighted by atomic mass is 35.5. The fourth-order valence-corrected chi connectivity index (χ4v) is 3.53. The van der Waals surface area contributed by atoms with E-state index in [1.165, 1.54) is 12.1 Å². The Morgan fingerprint density at radius 3 is 2.38 bits per heavy atom. The summed E-state index contributed by atoms with van der Waals surface area (Å²) in [6.45, 7) is 0. The lowest BCUT2D eigenvalue weighted by atomic mass is 10.1. The predicted molar refractivity (Wildman–Crippen MR) is 86.2 cm³/mol. The molecule has 0 bridgehead atoms. The summed E-state index contributed by atoms with van der Waals surface area (Å²) in [5.41, 5.74) is 0.549. The lowest BCUT2D eigenvalue weighted by Crippen LogP contribution is -2.13. The quantitative estimate of drug-likeness (QED) is 0.783. The van der Waals surface area contributed by atoms with Gasteiger partial charge in [0.1, 0.15) is 0 Å². The van der Waals surface area contributed by atoms with Crippen LogP contribution in [0.15, 0.2) is 71.6 Å². The largest absolute Gasteiger partial charge is 0.279 e. The minimum Gasteiger partial charge on any atom is -0.279 e. The Labute approximate surface area is 128 Å². The number of halogens is 1. The highest BCUT2D eigenvalue weighted by Crippen LogP contribution is 2.26. The van der Waals surface area contributed by atoms with E-state index in [4.69, 9.17) is 11.6 Å². The van der Waals surface area contributed by atoms with E-state index in [-0.39, 0.29) is 4.90 Å². The average Bonchev–Trinajstić information content (AvgIpc) is 2.47. The molecule has 3 nitrogen and oxygen atoms in total. The SMILES string of the molecule is O=S(=O)(Nc1cccc2ccccc12)c1cccc(Cl)c1. The van der Waals surface area contributed by atoms with Crippen LogP contribution in [-0.4, -0.2) is 8.42 Å². The van der Waals surface area contributed by atoms with E-state index in [1.54, 1.807) is 18.2 Å². The maximum atomic E-state index is 12.4. The molecular weight excluding hydrogens is 306 g/mol. The molecule has 0 radical (unpaired) electrons. The number of nitrogens with one attached hydrogen (secondary N) is 1. The van der Waals surface area contributed by atoms with E-state index >= 15 is 0 Å². The molecule has 0 aliphatic carbocycles. The van der Waals surface area contributed by atoms with Crippen molar-refractivity contribution >= 4 is 38.1 Å². The normalized spacial score (nSPS) is 11.5. The van der Waals surface area contributed by atoms with Gasteiger partial charge in [0.25, 0.3) is 10.0 Å². The van der Waals surface area contributed by atoms with Gasteiger partial charge in [0.2, 0.25) is 0 Å². The molecule has 0 aliphatic rings. The van der Waals surface area contributed by atoms with E-state index in [0.717, 1.165) is 10.8 Å². The third-order valence-electron chi connectivity index (χ3n) is 3.14. The molecule has 5 heteroatoms. The second kappa shape index (κ2) is 5.39. The first kappa shape index (κ1) is 13.9. The van der Waals surface area contributed by atoms with Gasteiger partial charge >= 0.3 is 0 Å². The highest BCUT2D eigenvalue weighted by molar-refractivity contribution is 7.92. The van der Waals surface area contributed by atoms with Crippen molar-refractivity contribution in [1.29, 1.82) is 0 Å². The van der Waals surface area contributed by atoms with Gasteiger partial charge in [0.15, 0.2) is 0 Å². The molecule has 0 atom stereocenters. The molecule has 0 fully saturated rings. The van der Waals surface area contributed by atoms with Crippen LogP contribution in [-0.2, 0) is 10.0 Å². The van der Waals surface area contributed by atoms with Crippen molar-refractivity contribution in [3.05, 3.63) is 71.8 Å². The molecule has 106 valence electrons. The van der Waals surface area contributed by atoms with Crippen molar-refractivity contribution in [2.24, 2.45) is 0 Å². The number of fused-ring (bicyclic) bond motifs is 1. The highest BCUT2D eigenvalue weighted by Gasteiger charge is 2.15. The van der Waals surface area contributed by atoms with E-state index < -0.39 is 10.0 Å². The van der Waals surface area contributed by atoms with Gasteiger partial charge in [0, 0.05) is 10.4 Å². The first-order valence-electron chi connectivity index (χ1n) is 6.32. The summed E-state index contributed by atoms with van der Waals surface area (Å²) in [6.07, 6.45) is 0. The van der Waals surface area contributed by atoms with Crippen LogP contribution in [0.5, 0.6) is 0 Å². The zero-order valence-electron chi connectivity index (χ0n) is 11.0. The first-order valence-corrected chi connectivity index (χ1v) is 8.18. The van der Waals surface area contributed by atoms with Crippen LogP contribution in [0, 0.1) is 0 Å². The molecule has 3 rings (SSSR count). The van der Waals surface area contributed by atoms with Gasteiger partial charge < -0.3 is 0 Å². The summed E-state index contributed by atoms with van der Waals surface area (Å²) >= 11 is 5.86. The van der Waals surface area contributed by atoms with Gasteiger partial charge in [-0.15, -0.1) is 0 Å². The topological polar surface area (TPSA) is 46.2 Å². The monoisotopic (exact) mass is 317 g/mol. The maximum absolute atomic E-state index is 12.4. The van der Waals surface area contributed by atoms with Crippen LogP contribution in [0.25, 0.3) is 10.8 Å². The molecule has 0 spiro atoms. The Hall–Kier alpha value is -2.04. The lowest BCUT2D eigenvalue weighted by molar-refractivity contribution is 0.601. The fourth-order valence-electron chi connectivity index (χ4n) is 2.15. The maximum Gasteiger partial charge on any atom is 0.261 e. The summed E-state index contributed by atoms with van der Waals surface area (Å²) in [5.74, 6) is 0. The van der Waals surface area contributed by atoms with Crippen LogP contribution in [0.4, 0.5) is 5.69 Å². The average molecular weight is 318 g/mol. The number of rotatable bonds is 3. The van der Waals surface area contributed by atoms with Gasteiger partial charge in [-0.25, -0.2) is 8.42 Å². The molecule has 0 unspecified atom stereocenters. The van der Waals surface area contributed by atoms with Crippen molar-refractivity contribution in [3.63, 3.8) is 0 Å². The smallest absolute Gasteiger partial charge is 0.261 e. The molecule has 0 amide bonds. The first-order chi connectivity index (χ1) is 10.1. The van der Waals surface area contributed by atoms with E-state index in [9.17, 15) is 8.42 Å². The van der Waals surface area contributed by atoms with Crippen LogP contribution in [0.1, 0.15) is 0 Å². The summed E-state index contributed by atoms with van der Waals surface area (Å²) in [4.78, 5) is 0.142. The second-order valence-corrected chi connectivity index (χ2v) is 6.71. The van der Waals surface area contributed by atoms with E-state index in [2.05, 4.69) is 4.72 Å². The van der Waals surface area contributed by atoms with E-state index in [1.807, 2.05) is 36.4 Å². The molecule has 21 heavy (non-hydrogen) atoms. The number of hydrogen-bond acceptors (Lipinski definition) is 2. The second-order valence-electron chi connectivity index (χ2n) is 4.59. The molecular formula is C16H12ClNO2S. The Bertz CT molecular complexity index is 902. The molecule has 0 saturated heterocycles. The summed E-state index contributed by atoms with van der Waals surface area (Å²) < 4.78 is 27.5. The zero-order chi connectivity index (χ0) is 14.9. The minimum absolute atomic E-state index is 0.142. The van der Waals surface area contributed by atoms with Crippen molar-refractivity contribution in [2.45, 2.75) is 4.90 Å². The molecule has 0 aliphatic heterocycles. The lowest BCUT2D eigenvalue weighted by Gasteiger charge is -2.11. The summed E-state index contributed by atoms with van der Waals surface area (Å²) in [5, 5.41) is 2.21. The molecule has 1 N–H and O–H groups in total. The molecule has 3 aromatic rings. The van der Waals surface area contributed by atoms with Gasteiger partial charge in [-0.05, 0) is 29.7 Å². The summed E-state index contributed by atoms with van der Waals surface area (Å²) in [6, 6.07) is 19.3. The zero-order valence-corrected chi connectivity index (χ0v) is 12.5. The number of anilines is 1. The number of benzene rings is 3. The minimum atomic E-state index is -3.66. The van der Waals surface area contributed by atoms with Crippen molar-refractivity contribution in [1.82, 2.24) is 0 Å². The number of sulfonamides is 1. The summed E-state index contributed by atoms with van der Waals surface area (Å²) in [7, 11) is -3.66. The molecule has 0 aromatic heterocycles. The Balaban J connectivity index is 2.06. The molecule has 0 heterocycles. The Morgan fingerprint density at radius 1 is 0.857 bits per heavy atom. The van der Waals surface area contributed by atoms with Gasteiger partial charge in [-0.2, -0.15) is 0 Å². The molecule has 0 saturated carbocycles. The van der Waals surface area contributed by atoms with Crippen LogP contribution in [0.2, 0.25) is 5.02 Å². The Kier molecular flexibility index (Phi) is 3.57. The predicted octanol–water partition coefficient (Wildman–Crippen LogP) is 4.29. The van der Waals surface area contributed by atoms with Crippen LogP contribution >= 0.6 is 11.6 Å². The Morgan fingerprint density at radius 2 is 1.57 bits per heavy atom. The van der Waals surface area contributed by atoms with Crippen molar-refractivity contribution in [2.75, 3.05) is 4.72 Å². The van der Waals surface area contributed by atoms with Gasteiger partial charge in [-0.3, -0.25) is 4.72 Å². The van der Waals surface area contributed by atoms with Gasteiger partial charge in [0.05, 0.1) is 10.6 Å². The van der Waals surface area contributed by atoms with Crippen molar-refractivity contribution < 1.29 is 8.42 Å². The van der Waals surface area contributed by atoms with Crippen LogP contribution in [0.3, 0.4) is 0 Å².